The van der Waals surface area contributed by atoms with E-state index in [0.717, 1.165) is 16.2 Å². The van der Waals surface area contributed by atoms with Crippen LogP contribution < -0.4 is 5.48 Å². The molecule has 2 aromatic heterocycles. The second kappa shape index (κ2) is 6.37. The Morgan fingerprint density at radius 1 is 1.04 bits per heavy atom. The third-order valence-corrected chi connectivity index (χ3v) is 4.04. The molecule has 0 amide bonds. The van der Waals surface area contributed by atoms with Crippen molar-refractivity contribution in [3.05, 3.63) is 77.7 Å². The maximum atomic E-state index is 12.3. The van der Waals surface area contributed by atoms with Crippen LogP contribution in [0, 0.1) is 0 Å². The molecular weight excluding hydrogens is 338 g/mol. The molecule has 122 valence electrons. The van der Waals surface area contributed by atoms with Crippen LogP contribution in [0.5, 0.6) is 0 Å². The van der Waals surface area contributed by atoms with Crippen LogP contribution in [-0.4, -0.2) is 15.9 Å². The van der Waals surface area contributed by atoms with Gasteiger partial charge in [-0.2, -0.15) is 0 Å². The number of rotatable bonds is 3. The predicted molar refractivity (Wildman–Crippen MR) is 97.5 cm³/mol. The average Bonchev–Trinajstić information content (AvgIpc) is 2.65. The molecule has 0 aliphatic heterocycles. The van der Waals surface area contributed by atoms with Crippen molar-refractivity contribution in [2.24, 2.45) is 0 Å². The summed E-state index contributed by atoms with van der Waals surface area (Å²) in [5.41, 5.74) is 4.30. The summed E-state index contributed by atoms with van der Waals surface area (Å²) in [4.78, 5) is 25.9. The highest BCUT2D eigenvalue weighted by Crippen LogP contribution is 2.23. The minimum Gasteiger partial charge on any atom is -0.338 e. The van der Waals surface area contributed by atoms with Gasteiger partial charge in [-0.05, 0) is 36.4 Å². The number of benzene rings is 2. The van der Waals surface area contributed by atoms with Gasteiger partial charge in [-0.25, -0.2) is 10.3 Å². The molecule has 2 aromatic carbocycles. The molecule has 5 nitrogen and oxygen atoms in total. The Balaban J connectivity index is 1.60. The molecule has 0 atom stereocenters. The Morgan fingerprint density at radius 2 is 1.96 bits per heavy atom. The first-order valence-corrected chi connectivity index (χ1v) is 7.94. The van der Waals surface area contributed by atoms with Crippen molar-refractivity contribution >= 4 is 44.9 Å². The van der Waals surface area contributed by atoms with Gasteiger partial charge in [0.1, 0.15) is 0 Å². The minimum atomic E-state index is -0.505. The summed E-state index contributed by atoms with van der Waals surface area (Å²) in [6, 6.07) is 14.1. The normalized spacial score (nSPS) is 10.8. The Bertz CT molecular complexity index is 1100. The van der Waals surface area contributed by atoms with Crippen LogP contribution in [0.15, 0.2) is 67.1 Å². The van der Waals surface area contributed by atoms with Gasteiger partial charge >= 0.3 is 5.97 Å². The molecule has 0 radical (unpaired) electrons. The molecule has 25 heavy (non-hydrogen) atoms. The Hall–Kier alpha value is -3.18. The molecule has 4 rings (SSSR count). The van der Waals surface area contributed by atoms with E-state index in [9.17, 15) is 4.79 Å². The highest BCUT2D eigenvalue weighted by molar-refractivity contribution is 6.30. The van der Waals surface area contributed by atoms with E-state index < -0.39 is 5.97 Å². The van der Waals surface area contributed by atoms with Crippen molar-refractivity contribution in [3.63, 3.8) is 0 Å². The molecule has 1 N–H and O–H groups in total. The third-order valence-electron chi connectivity index (χ3n) is 3.81. The number of hydrogen-bond donors (Lipinski definition) is 1. The molecular formula is C19H12ClN3O2. The van der Waals surface area contributed by atoms with E-state index in [1.54, 1.807) is 55.0 Å². The number of aromatic nitrogens is 2. The molecule has 0 saturated carbocycles. The number of nitrogens with zero attached hydrogens (tertiary/aromatic N) is 2. The van der Waals surface area contributed by atoms with Crippen LogP contribution >= 0.6 is 11.6 Å². The standard InChI is InChI=1S/C19H12ClN3O2/c20-14-2-1-3-15(9-14)23-25-19(24)12-4-5-16-17-11-21-7-6-13(17)10-22-18(16)8-12/h1-11,23H. The number of nitrogens with one attached hydrogen (secondary N) is 1. The first-order chi connectivity index (χ1) is 12.2. The summed E-state index contributed by atoms with van der Waals surface area (Å²) in [6.45, 7) is 0. The predicted octanol–water partition coefficient (Wildman–Crippen LogP) is 4.62. The van der Waals surface area contributed by atoms with E-state index in [1.807, 2.05) is 12.1 Å². The van der Waals surface area contributed by atoms with Gasteiger partial charge in [0.15, 0.2) is 0 Å². The number of pyridine rings is 2. The largest absolute Gasteiger partial charge is 0.362 e. The van der Waals surface area contributed by atoms with E-state index in [2.05, 4.69) is 15.4 Å². The molecule has 0 fully saturated rings. The smallest absolute Gasteiger partial charge is 0.338 e. The van der Waals surface area contributed by atoms with Gasteiger partial charge in [-0.15, -0.1) is 0 Å². The molecule has 0 saturated heterocycles. The summed E-state index contributed by atoms with van der Waals surface area (Å²) in [5.74, 6) is -0.505. The number of carbonyl (C=O) groups is 1. The zero-order valence-corrected chi connectivity index (χ0v) is 13.7. The zero-order valence-electron chi connectivity index (χ0n) is 12.9. The van der Waals surface area contributed by atoms with Crippen LogP contribution in [0.4, 0.5) is 5.69 Å². The Kier molecular flexibility index (Phi) is 3.91. The molecule has 0 aliphatic carbocycles. The van der Waals surface area contributed by atoms with E-state index >= 15 is 0 Å². The quantitative estimate of drug-likeness (QED) is 0.432. The fourth-order valence-corrected chi connectivity index (χ4v) is 2.78. The number of hydrogen-bond acceptors (Lipinski definition) is 5. The van der Waals surface area contributed by atoms with Crippen molar-refractivity contribution in [2.75, 3.05) is 5.48 Å². The summed E-state index contributed by atoms with van der Waals surface area (Å²) < 4.78 is 0. The van der Waals surface area contributed by atoms with Crippen LogP contribution in [0.25, 0.3) is 21.7 Å². The third kappa shape index (κ3) is 3.09. The van der Waals surface area contributed by atoms with Crippen molar-refractivity contribution in [1.82, 2.24) is 9.97 Å². The molecule has 4 aromatic rings. The van der Waals surface area contributed by atoms with Crippen molar-refractivity contribution in [2.45, 2.75) is 0 Å². The van der Waals surface area contributed by atoms with Crippen molar-refractivity contribution in [3.8, 4) is 0 Å². The summed E-state index contributed by atoms with van der Waals surface area (Å²) >= 11 is 5.90. The van der Waals surface area contributed by atoms with E-state index in [0.29, 0.717) is 21.8 Å². The Morgan fingerprint density at radius 3 is 2.84 bits per heavy atom. The van der Waals surface area contributed by atoms with E-state index in [-0.39, 0.29) is 0 Å². The molecule has 0 spiro atoms. The molecule has 6 heteroatoms. The first-order valence-electron chi connectivity index (χ1n) is 7.56. The van der Waals surface area contributed by atoms with Crippen LogP contribution in [0.3, 0.4) is 0 Å². The Labute approximate surface area is 148 Å². The summed E-state index contributed by atoms with van der Waals surface area (Å²) in [7, 11) is 0. The van der Waals surface area contributed by atoms with Gasteiger partial charge < -0.3 is 4.84 Å². The second-order valence-electron chi connectivity index (χ2n) is 5.45. The molecule has 0 aliphatic rings. The molecule has 0 unspecified atom stereocenters. The van der Waals surface area contributed by atoms with Gasteiger partial charge in [0.2, 0.25) is 0 Å². The lowest BCUT2D eigenvalue weighted by molar-refractivity contribution is 0.0596. The van der Waals surface area contributed by atoms with Crippen LogP contribution in [0.1, 0.15) is 10.4 Å². The highest BCUT2D eigenvalue weighted by Gasteiger charge is 2.10. The molecule has 2 heterocycles. The lowest BCUT2D eigenvalue weighted by Gasteiger charge is -2.08. The van der Waals surface area contributed by atoms with E-state index in [1.165, 1.54) is 0 Å². The SMILES string of the molecule is O=C(ONc1cccc(Cl)c1)c1ccc2c(c1)ncc1ccncc12. The van der Waals surface area contributed by atoms with Crippen molar-refractivity contribution < 1.29 is 9.63 Å². The first kappa shape index (κ1) is 15.4. The summed E-state index contributed by atoms with van der Waals surface area (Å²) in [5, 5.41) is 3.48. The number of carbonyl (C=O) groups excluding carboxylic acids is 1. The maximum Gasteiger partial charge on any atom is 0.362 e. The van der Waals surface area contributed by atoms with Crippen molar-refractivity contribution in [1.29, 1.82) is 0 Å². The van der Waals surface area contributed by atoms with E-state index in [4.69, 9.17) is 16.4 Å². The van der Waals surface area contributed by atoms with Gasteiger partial charge in [0, 0.05) is 39.8 Å². The van der Waals surface area contributed by atoms with Crippen LogP contribution in [-0.2, 0) is 4.84 Å². The topological polar surface area (TPSA) is 64.1 Å². The number of fused-ring (bicyclic) bond motifs is 3. The number of halogens is 1. The average molecular weight is 350 g/mol. The fourth-order valence-electron chi connectivity index (χ4n) is 2.59. The van der Waals surface area contributed by atoms with Gasteiger partial charge in [0.05, 0.1) is 16.8 Å². The monoisotopic (exact) mass is 349 g/mol. The summed E-state index contributed by atoms with van der Waals surface area (Å²) in [6.07, 6.45) is 5.28. The number of anilines is 1. The van der Waals surface area contributed by atoms with Gasteiger partial charge in [0.25, 0.3) is 0 Å². The fraction of sp³-hybridized carbons (Fsp3) is 0. The van der Waals surface area contributed by atoms with Gasteiger partial charge in [-0.1, -0.05) is 23.7 Å². The highest BCUT2D eigenvalue weighted by atomic mass is 35.5. The minimum absolute atomic E-state index is 0.401. The zero-order chi connectivity index (χ0) is 17.2. The second-order valence-corrected chi connectivity index (χ2v) is 5.89. The lowest BCUT2D eigenvalue weighted by Crippen LogP contribution is -2.10. The van der Waals surface area contributed by atoms with Crippen LogP contribution in [0.2, 0.25) is 5.02 Å². The molecule has 0 bridgehead atoms. The lowest BCUT2D eigenvalue weighted by atomic mass is 10.1. The van der Waals surface area contributed by atoms with Gasteiger partial charge in [-0.3, -0.25) is 9.97 Å². The maximum absolute atomic E-state index is 12.3.